The molecule has 0 N–H and O–H groups in total. The Labute approximate surface area is 200 Å². The minimum absolute atomic E-state index is 0.0944. The molecule has 0 aliphatic carbocycles. The summed E-state index contributed by atoms with van der Waals surface area (Å²) in [7, 11) is -3.14. The van der Waals surface area contributed by atoms with Crippen molar-refractivity contribution >= 4 is 33.4 Å². The summed E-state index contributed by atoms with van der Waals surface area (Å²) in [4.78, 5) is 28.4. The van der Waals surface area contributed by atoms with Gasteiger partial charge in [0.15, 0.2) is 0 Å². The Hall–Kier alpha value is -2.92. The lowest BCUT2D eigenvalue weighted by Crippen LogP contribution is -2.51. The molecule has 0 bridgehead atoms. The van der Waals surface area contributed by atoms with E-state index in [0.29, 0.717) is 44.0 Å². The van der Waals surface area contributed by atoms with Crippen molar-refractivity contribution < 1.29 is 22.7 Å². The first kappa shape index (κ1) is 24.2. The third-order valence-corrected chi connectivity index (χ3v) is 8.01. The van der Waals surface area contributed by atoms with Gasteiger partial charge < -0.3 is 9.64 Å². The van der Waals surface area contributed by atoms with Crippen LogP contribution >= 0.6 is 0 Å². The van der Waals surface area contributed by atoms with E-state index in [4.69, 9.17) is 4.74 Å². The summed E-state index contributed by atoms with van der Waals surface area (Å²) in [5, 5.41) is 4.39. The molecule has 2 aromatic rings. The maximum Gasteiger partial charge on any atom is 0.414 e. The van der Waals surface area contributed by atoms with Crippen LogP contribution in [-0.4, -0.2) is 72.0 Å². The van der Waals surface area contributed by atoms with Gasteiger partial charge in [-0.25, -0.2) is 17.5 Å². The molecule has 0 radical (unpaired) electrons. The van der Waals surface area contributed by atoms with Crippen LogP contribution < -0.4 is 9.80 Å². The molecular weight excluding hydrogens is 458 g/mol. The van der Waals surface area contributed by atoms with E-state index < -0.39 is 16.1 Å². The van der Waals surface area contributed by atoms with Gasteiger partial charge in [0, 0.05) is 38.3 Å². The molecule has 34 heavy (non-hydrogen) atoms. The molecule has 0 saturated carbocycles. The summed E-state index contributed by atoms with van der Waals surface area (Å²) in [6, 6.07) is 5.40. The predicted molar refractivity (Wildman–Crippen MR) is 129 cm³/mol. The number of benzene rings is 1. The van der Waals surface area contributed by atoms with Crippen molar-refractivity contribution in [2.75, 3.05) is 35.2 Å². The molecule has 2 aliphatic rings. The zero-order valence-electron chi connectivity index (χ0n) is 20.0. The number of rotatable bonds is 5. The maximum atomic E-state index is 12.8. The molecule has 1 atom stereocenters. The fourth-order valence-corrected chi connectivity index (χ4v) is 6.03. The summed E-state index contributed by atoms with van der Waals surface area (Å²) >= 11 is 0. The van der Waals surface area contributed by atoms with E-state index in [1.165, 1.54) is 11.2 Å². The van der Waals surface area contributed by atoms with Gasteiger partial charge in [0.1, 0.15) is 0 Å². The van der Waals surface area contributed by atoms with Crippen molar-refractivity contribution in [2.24, 2.45) is 0 Å². The van der Waals surface area contributed by atoms with Crippen LogP contribution in [0.1, 0.15) is 34.1 Å². The number of ether oxygens (including phenoxy) is 1. The van der Waals surface area contributed by atoms with Gasteiger partial charge in [-0.3, -0.25) is 14.4 Å². The van der Waals surface area contributed by atoms with Gasteiger partial charge in [0.05, 0.1) is 42.0 Å². The average Bonchev–Trinajstić information content (AvgIpc) is 3.36. The number of sulfonamides is 1. The second-order valence-corrected chi connectivity index (χ2v) is 11.1. The van der Waals surface area contributed by atoms with Crippen LogP contribution in [0.2, 0.25) is 0 Å². The number of fused-ring (bicyclic) bond motifs is 1. The van der Waals surface area contributed by atoms with E-state index in [2.05, 4.69) is 5.10 Å². The molecule has 10 nitrogen and oxygen atoms in total. The highest BCUT2D eigenvalue weighted by atomic mass is 32.2. The normalized spacial score (nSPS) is 20.0. The van der Waals surface area contributed by atoms with E-state index >= 15 is 0 Å². The second-order valence-electron chi connectivity index (χ2n) is 9.05. The monoisotopic (exact) mass is 489 g/mol. The fraction of sp³-hybridized carbons (Fsp3) is 0.522. The Bertz CT molecular complexity index is 1190. The third-order valence-electron chi connectivity index (χ3n) is 6.06. The van der Waals surface area contributed by atoms with Gasteiger partial charge in [0.25, 0.3) is 0 Å². The molecular formula is C23H31N5O5S. The van der Waals surface area contributed by atoms with Crippen molar-refractivity contribution in [3.63, 3.8) is 0 Å². The topological polar surface area (TPSA) is 105 Å². The number of carbonyl (C=O) groups excluding carboxylic acids is 2. The highest BCUT2D eigenvalue weighted by molar-refractivity contribution is 7.89. The molecule has 1 saturated heterocycles. The number of carbonyl (C=O) groups is 2. The number of nitrogens with zero attached hydrogens (tertiary/aromatic N) is 5. The average molecular weight is 490 g/mol. The van der Waals surface area contributed by atoms with Crippen LogP contribution in [0.5, 0.6) is 0 Å². The van der Waals surface area contributed by atoms with Crippen molar-refractivity contribution in [3.8, 4) is 11.1 Å². The first-order valence-corrected chi connectivity index (χ1v) is 13.1. The van der Waals surface area contributed by atoms with E-state index in [9.17, 15) is 18.0 Å². The fourth-order valence-electron chi connectivity index (χ4n) is 4.51. The van der Waals surface area contributed by atoms with E-state index in [1.54, 1.807) is 34.5 Å². The number of hydrogen-bond acceptors (Lipinski definition) is 6. The quantitative estimate of drug-likeness (QED) is 0.640. The molecule has 1 aromatic heterocycles. The Morgan fingerprint density at radius 3 is 2.59 bits per heavy atom. The van der Waals surface area contributed by atoms with Crippen LogP contribution in [0, 0.1) is 0 Å². The zero-order valence-corrected chi connectivity index (χ0v) is 20.8. The van der Waals surface area contributed by atoms with Gasteiger partial charge in [0.2, 0.25) is 15.9 Å². The van der Waals surface area contributed by atoms with Gasteiger partial charge in [-0.05, 0) is 44.9 Å². The van der Waals surface area contributed by atoms with Crippen molar-refractivity contribution in [3.05, 3.63) is 30.6 Å². The Kier molecular flexibility index (Phi) is 6.68. The lowest BCUT2D eigenvalue weighted by atomic mass is 10.0. The number of amides is 2. The first-order chi connectivity index (χ1) is 16.1. The van der Waals surface area contributed by atoms with Gasteiger partial charge >= 0.3 is 6.09 Å². The van der Waals surface area contributed by atoms with Gasteiger partial charge in [-0.2, -0.15) is 5.10 Å². The summed E-state index contributed by atoms with van der Waals surface area (Å²) in [5.74, 6) is 0.112. The predicted octanol–water partition coefficient (Wildman–Crippen LogP) is 2.69. The highest BCUT2D eigenvalue weighted by Crippen LogP contribution is 2.39. The smallest absolute Gasteiger partial charge is 0.414 e. The largest absolute Gasteiger partial charge is 0.446 e. The lowest BCUT2D eigenvalue weighted by Gasteiger charge is -2.40. The minimum Gasteiger partial charge on any atom is -0.446 e. The van der Waals surface area contributed by atoms with Crippen LogP contribution in [0.4, 0.5) is 16.2 Å². The number of aromatic nitrogens is 2. The van der Waals surface area contributed by atoms with Crippen LogP contribution in [0.15, 0.2) is 30.6 Å². The maximum absolute atomic E-state index is 12.8. The minimum atomic E-state index is -3.14. The van der Waals surface area contributed by atoms with E-state index in [1.807, 2.05) is 31.3 Å². The molecule has 2 aliphatic heterocycles. The molecule has 11 heteroatoms. The van der Waals surface area contributed by atoms with Gasteiger partial charge in [-0.1, -0.05) is 6.07 Å². The van der Waals surface area contributed by atoms with Crippen LogP contribution in [-0.2, 0) is 26.1 Å². The Morgan fingerprint density at radius 1 is 1.18 bits per heavy atom. The standard InChI is InChI=1S/C23H31N5O5S/c1-16(2)33-23(30)27-14-17(3)28(18(4)29)21-7-6-19(12-22(21)27)20-13-24-25(15-20)9-10-26-8-5-11-34(26,31)32/h6-7,12-13,15-17H,5,8-11,14H2,1-4H3/t17-/m0/s1. The first-order valence-electron chi connectivity index (χ1n) is 11.5. The summed E-state index contributed by atoms with van der Waals surface area (Å²) in [6.45, 7) is 8.72. The van der Waals surface area contributed by atoms with Crippen molar-refractivity contribution in [1.82, 2.24) is 14.1 Å². The Morgan fingerprint density at radius 2 is 1.94 bits per heavy atom. The molecule has 0 spiro atoms. The second kappa shape index (κ2) is 9.38. The molecule has 4 rings (SSSR count). The molecule has 1 fully saturated rings. The Balaban J connectivity index is 1.61. The molecule has 0 unspecified atom stereocenters. The van der Waals surface area contributed by atoms with Crippen molar-refractivity contribution in [1.29, 1.82) is 0 Å². The van der Waals surface area contributed by atoms with Crippen LogP contribution in [0.25, 0.3) is 11.1 Å². The molecule has 3 heterocycles. The van der Waals surface area contributed by atoms with Crippen LogP contribution in [0.3, 0.4) is 0 Å². The van der Waals surface area contributed by atoms with E-state index in [-0.39, 0.29) is 23.8 Å². The number of anilines is 2. The third kappa shape index (κ3) is 4.80. The van der Waals surface area contributed by atoms with Crippen molar-refractivity contribution in [2.45, 2.75) is 52.8 Å². The van der Waals surface area contributed by atoms with E-state index in [0.717, 1.165) is 11.1 Å². The molecule has 2 amide bonds. The summed E-state index contributed by atoms with van der Waals surface area (Å²) < 4.78 is 32.7. The SMILES string of the molecule is CC(=O)N1c2ccc(-c3cnn(CCN4CCCS4(=O)=O)c3)cc2N(C(=O)OC(C)C)C[C@@H]1C. The lowest BCUT2D eigenvalue weighted by molar-refractivity contribution is -0.117. The number of hydrogen-bond donors (Lipinski definition) is 0. The summed E-state index contributed by atoms with van der Waals surface area (Å²) in [6.07, 6.45) is 3.51. The van der Waals surface area contributed by atoms with Gasteiger partial charge in [-0.15, -0.1) is 0 Å². The highest BCUT2D eigenvalue weighted by Gasteiger charge is 2.35. The zero-order chi connectivity index (χ0) is 24.6. The summed E-state index contributed by atoms with van der Waals surface area (Å²) in [5.41, 5.74) is 2.92. The molecule has 184 valence electrons. The molecule has 1 aromatic carbocycles.